The zero-order valence-corrected chi connectivity index (χ0v) is 22.7. The highest BCUT2D eigenvalue weighted by atomic mass is 19.1. The predicted octanol–water partition coefficient (Wildman–Crippen LogP) is 4.05. The largest absolute Gasteiger partial charge is 0.491 e. The zero-order valence-electron chi connectivity index (χ0n) is 22.7. The molecular formula is C29H38FN5O3. The number of likely N-dealkylation sites (N-methyl/N-ethyl adjacent to an activating group) is 1. The van der Waals surface area contributed by atoms with Crippen LogP contribution in [-0.2, 0) is 6.42 Å². The van der Waals surface area contributed by atoms with E-state index in [-0.39, 0.29) is 12.5 Å². The standard InChI is InChI=1S/C29H38FN5O3/c1-17-26(13-20-10-11-35(15-25(20)30)22-8-9-22)32-29(33-28(17)27-18(2)34-38-19(27)3)21-6-5-7-24(12-21)37-16-23(36)14-31-4/h5-7,12,20,22-23,25,31,36H,8-11,13-16H2,1-4H3/t20-,23?,25+/m0/s1. The molecule has 0 bridgehead atoms. The van der Waals surface area contributed by atoms with Crippen LogP contribution < -0.4 is 10.1 Å². The number of nitrogens with zero attached hydrogens (tertiary/aromatic N) is 4. The molecule has 1 saturated carbocycles. The van der Waals surface area contributed by atoms with Crippen molar-refractivity contribution in [1.29, 1.82) is 0 Å². The van der Waals surface area contributed by atoms with Gasteiger partial charge in [0.1, 0.15) is 30.4 Å². The van der Waals surface area contributed by atoms with E-state index < -0.39 is 12.3 Å². The van der Waals surface area contributed by atoms with E-state index in [1.165, 1.54) is 12.8 Å². The van der Waals surface area contributed by atoms with E-state index in [9.17, 15) is 5.11 Å². The Balaban J connectivity index is 1.47. The lowest BCUT2D eigenvalue weighted by Gasteiger charge is -2.35. The van der Waals surface area contributed by atoms with Gasteiger partial charge in [-0.3, -0.25) is 4.90 Å². The fraction of sp³-hybridized carbons (Fsp3) is 0.552. The van der Waals surface area contributed by atoms with Gasteiger partial charge in [-0.15, -0.1) is 0 Å². The molecule has 3 heterocycles. The molecule has 1 aromatic carbocycles. The summed E-state index contributed by atoms with van der Waals surface area (Å²) in [5.74, 6) is 1.79. The van der Waals surface area contributed by atoms with Gasteiger partial charge in [-0.25, -0.2) is 14.4 Å². The maximum absolute atomic E-state index is 15.3. The number of aryl methyl sites for hydroxylation is 2. The van der Waals surface area contributed by atoms with Crippen LogP contribution in [-0.4, -0.2) is 76.7 Å². The smallest absolute Gasteiger partial charge is 0.160 e. The van der Waals surface area contributed by atoms with E-state index in [1.807, 2.05) is 45.0 Å². The molecule has 1 saturated heterocycles. The van der Waals surface area contributed by atoms with Crippen molar-refractivity contribution in [2.75, 3.05) is 33.3 Å². The minimum absolute atomic E-state index is 0.0766. The van der Waals surface area contributed by atoms with Gasteiger partial charge in [-0.2, -0.15) is 0 Å². The summed E-state index contributed by atoms with van der Waals surface area (Å²) >= 11 is 0. The summed E-state index contributed by atoms with van der Waals surface area (Å²) in [6, 6.07) is 8.14. The molecule has 8 nitrogen and oxygen atoms in total. The maximum atomic E-state index is 15.3. The van der Waals surface area contributed by atoms with Crippen molar-refractivity contribution < 1.29 is 18.8 Å². The quantitative estimate of drug-likeness (QED) is 0.411. The van der Waals surface area contributed by atoms with Gasteiger partial charge < -0.3 is 19.7 Å². The van der Waals surface area contributed by atoms with Gasteiger partial charge in [-0.05, 0) is 83.7 Å². The van der Waals surface area contributed by atoms with Crippen molar-refractivity contribution in [1.82, 2.24) is 25.3 Å². The van der Waals surface area contributed by atoms with Gasteiger partial charge in [-0.1, -0.05) is 17.3 Å². The third-order valence-electron chi connectivity index (χ3n) is 7.72. The van der Waals surface area contributed by atoms with Crippen molar-refractivity contribution in [3.8, 4) is 28.4 Å². The summed E-state index contributed by atoms with van der Waals surface area (Å²) in [7, 11) is 1.79. The zero-order chi connectivity index (χ0) is 26.8. The number of benzene rings is 1. The van der Waals surface area contributed by atoms with E-state index in [0.29, 0.717) is 42.9 Å². The number of halogens is 1. The molecule has 204 valence electrons. The summed E-state index contributed by atoms with van der Waals surface area (Å²) in [6.45, 7) is 7.88. The van der Waals surface area contributed by atoms with Crippen molar-refractivity contribution in [2.24, 2.45) is 5.92 Å². The maximum Gasteiger partial charge on any atom is 0.160 e. The second kappa shape index (κ2) is 11.5. The number of hydrogen-bond donors (Lipinski definition) is 2. The number of alkyl halides is 1. The molecule has 1 aliphatic carbocycles. The van der Waals surface area contributed by atoms with E-state index in [2.05, 4.69) is 15.4 Å². The van der Waals surface area contributed by atoms with Gasteiger partial charge in [0.05, 0.1) is 17.0 Å². The molecule has 5 rings (SSSR count). The Bertz CT molecular complexity index is 1240. The Morgan fingerprint density at radius 1 is 1.21 bits per heavy atom. The minimum Gasteiger partial charge on any atom is -0.491 e. The molecule has 2 fully saturated rings. The van der Waals surface area contributed by atoms with Crippen LogP contribution in [0.3, 0.4) is 0 Å². The number of aliphatic hydroxyl groups is 1. The molecule has 1 unspecified atom stereocenters. The second-order valence-electron chi connectivity index (χ2n) is 10.7. The van der Waals surface area contributed by atoms with E-state index in [0.717, 1.165) is 46.7 Å². The third kappa shape index (κ3) is 5.90. The molecule has 3 aromatic rings. The van der Waals surface area contributed by atoms with Crippen LogP contribution in [0.25, 0.3) is 22.6 Å². The number of ether oxygens (including phenoxy) is 1. The monoisotopic (exact) mass is 523 g/mol. The first-order valence-corrected chi connectivity index (χ1v) is 13.6. The van der Waals surface area contributed by atoms with Crippen LogP contribution in [0, 0.1) is 26.7 Å². The van der Waals surface area contributed by atoms with Gasteiger partial charge >= 0.3 is 0 Å². The predicted molar refractivity (Wildman–Crippen MR) is 144 cm³/mol. The Labute approximate surface area is 223 Å². The van der Waals surface area contributed by atoms with Crippen LogP contribution in [0.15, 0.2) is 28.8 Å². The first kappa shape index (κ1) is 26.7. The highest BCUT2D eigenvalue weighted by Crippen LogP contribution is 2.36. The van der Waals surface area contributed by atoms with Crippen molar-refractivity contribution >= 4 is 0 Å². The SMILES string of the molecule is CNCC(O)COc1cccc(-c2nc(C[C@@H]3CCN(C4CC4)C[C@H]3F)c(C)c(-c3c(C)noc3C)n2)c1. The summed E-state index contributed by atoms with van der Waals surface area (Å²) in [5, 5.41) is 17.1. The number of hydrogen-bond acceptors (Lipinski definition) is 8. The normalized spacial score (nSPS) is 21.0. The number of aliphatic hydroxyl groups excluding tert-OH is 1. The minimum atomic E-state index is -0.870. The topological polar surface area (TPSA) is 96.5 Å². The van der Waals surface area contributed by atoms with Crippen LogP contribution in [0.5, 0.6) is 5.75 Å². The summed E-state index contributed by atoms with van der Waals surface area (Å²) in [5.41, 5.74) is 4.96. The van der Waals surface area contributed by atoms with Crippen LogP contribution in [0.2, 0.25) is 0 Å². The number of rotatable bonds is 10. The first-order valence-electron chi connectivity index (χ1n) is 13.6. The fourth-order valence-electron chi connectivity index (χ4n) is 5.39. The molecule has 0 amide bonds. The highest BCUT2D eigenvalue weighted by Gasteiger charge is 2.37. The third-order valence-corrected chi connectivity index (χ3v) is 7.72. The van der Waals surface area contributed by atoms with E-state index >= 15 is 4.39 Å². The average Bonchev–Trinajstić information content (AvgIpc) is 3.70. The van der Waals surface area contributed by atoms with Crippen molar-refractivity contribution in [3.63, 3.8) is 0 Å². The Kier molecular flexibility index (Phi) is 8.07. The summed E-state index contributed by atoms with van der Waals surface area (Å²) in [6.07, 6.45) is 2.30. The fourth-order valence-corrected chi connectivity index (χ4v) is 5.39. The van der Waals surface area contributed by atoms with Crippen LogP contribution in [0.4, 0.5) is 4.39 Å². The molecule has 9 heteroatoms. The molecule has 3 atom stereocenters. The Morgan fingerprint density at radius 3 is 2.71 bits per heavy atom. The second-order valence-corrected chi connectivity index (χ2v) is 10.7. The molecule has 38 heavy (non-hydrogen) atoms. The first-order chi connectivity index (χ1) is 18.3. The molecule has 0 radical (unpaired) electrons. The average molecular weight is 524 g/mol. The molecule has 0 spiro atoms. The summed E-state index contributed by atoms with van der Waals surface area (Å²) < 4.78 is 26.6. The lowest BCUT2D eigenvalue weighted by molar-refractivity contribution is 0.0792. The van der Waals surface area contributed by atoms with E-state index in [1.54, 1.807) is 7.05 Å². The van der Waals surface area contributed by atoms with Gasteiger partial charge in [0.25, 0.3) is 0 Å². The van der Waals surface area contributed by atoms with Gasteiger partial charge in [0.2, 0.25) is 0 Å². The van der Waals surface area contributed by atoms with Crippen LogP contribution >= 0.6 is 0 Å². The lowest BCUT2D eigenvalue weighted by atomic mass is 9.88. The summed E-state index contributed by atoms with van der Waals surface area (Å²) in [4.78, 5) is 12.2. The molecule has 2 aliphatic rings. The molecular weight excluding hydrogens is 485 g/mol. The van der Waals surface area contributed by atoms with Gasteiger partial charge in [0.15, 0.2) is 5.82 Å². The lowest BCUT2D eigenvalue weighted by Crippen LogP contribution is -2.43. The number of aromatic nitrogens is 3. The number of nitrogens with one attached hydrogen (secondary N) is 1. The molecule has 2 N–H and O–H groups in total. The van der Waals surface area contributed by atoms with Crippen molar-refractivity contribution in [3.05, 3.63) is 47.0 Å². The molecule has 2 aromatic heterocycles. The number of piperidine rings is 1. The Hall–Kier alpha value is -2.88. The van der Waals surface area contributed by atoms with Crippen LogP contribution in [0.1, 0.15) is 42.0 Å². The van der Waals surface area contributed by atoms with Gasteiger partial charge in [0, 0.05) is 30.4 Å². The van der Waals surface area contributed by atoms with Crippen molar-refractivity contribution in [2.45, 2.75) is 64.8 Å². The van der Waals surface area contributed by atoms with E-state index in [4.69, 9.17) is 19.2 Å². The molecule has 1 aliphatic heterocycles. The Morgan fingerprint density at radius 2 is 2.03 bits per heavy atom. The number of likely N-dealkylation sites (tertiary alicyclic amines) is 1. The highest BCUT2D eigenvalue weighted by molar-refractivity contribution is 5.71.